The Balaban J connectivity index is 2.03. The van der Waals surface area contributed by atoms with Crippen LogP contribution in [0.1, 0.15) is 21.7 Å². The minimum absolute atomic E-state index is 0.153. The van der Waals surface area contributed by atoms with Gasteiger partial charge in [0.15, 0.2) is 0 Å². The minimum atomic E-state index is -0.153. The van der Waals surface area contributed by atoms with Crippen LogP contribution in [0.4, 0.5) is 0 Å². The van der Waals surface area contributed by atoms with Crippen molar-refractivity contribution in [1.82, 2.24) is 20.1 Å². The lowest BCUT2D eigenvalue weighted by Gasteiger charge is -2.05. The molecule has 0 aliphatic heterocycles. The van der Waals surface area contributed by atoms with Gasteiger partial charge in [-0.25, -0.2) is 0 Å². The molecule has 2 rings (SSSR count). The number of nitrogens with one attached hydrogen (secondary N) is 2. The first-order valence-corrected chi connectivity index (χ1v) is 5.54. The molecule has 0 atom stereocenters. The topological polar surface area (TPSA) is 62.7 Å². The second-order valence-electron chi connectivity index (χ2n) is 3.86. The van der Waals surface area contributed by atoms with Gasteiger partial charge in [-0.1, -0.05) is 11.6 Å². The minimum Gasteiger partial charge on any atom is -0.347 e. The van der Waals surface area contributed by atoms with Crippen molar-refractivity contribution in [3.05, 3.63) is 40.4 Å². The smallest absolute Gasteiger partial charge is 0.268 e. The summed E-state index contributed by atoms with van der Waals surface area (Å²) >= 11 is 5.82. The number of rotatable bonds is 3. The molecular formula is C11H13ClN4O. The maximum absolute atomic E-state index is 11.9. The third-order valence-electron chi connectivity index (χ3n) is 2.58. The van der Waals surface area contributed by atoms with Gasteiger partial charge < -0.3 is 9.88 Å². The quantitative estimate of drug-likeness (QED) is 0.872. The molecule has 2 heterocycles. The Morgan fingerprint density at radius 2 is 2.41 bits per heavy atom. The van der Waals surface area contributed by atoms with Crippen molar-refractivity contribution in [2.24, 2.45) is 7.05 Å². The molecule has 2 aromatic heterocycles. The van der Waals surface area contributed by atoms with Gasteiger partial charge in [0.1, 0.15) is 5.69 Å². The molecule has 0 unspecified atom stereocenters. The van der Waals surface area contributed by atoms with Crippen LogP contribution < -0.4 is 5.32 Å². The van der Waals surface area contributed by atoms with E-state index in [1.165, 1.54) is 0 Å². The Morgan fingerprint density at radius 1 is 1.65 bits per heavy atom. The van der Waals surface area contributed by atoms with Crippen molar-refractivity contribution in [3.63, 3.8) is 0 Å². The van der Waals surface area contributed by atoms with Gasteiger partial charge in [0.2, 0.25) is 0 Å². The molecule has 1 amide bonds. The molecular weight excluding hydrogens is 240 g/mol. The molecule has 0 bridgehead atoms. The zero-order chi connectivity index (χ0) is 12.4. The third-order valence-corrected chi connectivity index (χ3v) is 2.78. The number of hydrogen-bond donors (Lipinski definition) is 2. The van der Waals surface area contributed by atoms with Gasteiger partial charge in [0.25, 0.3) is 5.91 Å². The van der Waals surface area contributed by atoms with Crippen molar-refractivity contribution in [1.29, 1.82) is 0 Å². The highest BCUT2D eigenvalue weighted by Crippen LogP contribution is 2.12. The fourth-order valence-corrected chi connectivity index (χ4v) is 1.82. The summed E-state index contributed by atoms with van der Waals surface area (Å²) in [5, 5.41) is 10.1. The summed E-state index contributed by atoms with van der Waals surface area (Å²) < 4.78 is 1.69. The molecule has 0 fully saturated rings. The number of amides is 1. The van der Waals surface area contributed by atoms with Gasteiger partial charge in [-0.3, -0.25) is 9.89 Å². The Kier molecular flexibility index (Phi) is 3.19. The Labute approximate surface area is 104 Å². The summed E-state index contributed by atoms with van der Waals surface area (Å²) in [5.74, 6) is -0.153. The Morgan fingerprint density at radius 3 is 2.94 bits per heavy atom. The molecule has 5 nitrogen and oxygen atoms in total. The van der Waals surface area contributed by atoms with Crippen molar-refractivity contribution in [2.45, 2.75) is 13.5 Å². The number of carbonyl (C=O) groups is 1. The Hall–Kier alpha value is -1.75. The summed E-state index contributed by atoms with van der Waals surface area (Å²) in [6.07, 6.45) is 3.40. The average molecular weight is 253 g/mol. The van der Waals surface area contributed by atoms with Crippen LogP contribution in [0.25, 0.3) is 0 Å². The largest absolute Gasteiger partial charge is 0.347 e. The normalized spacial score (nSPS) is 10.5. The van der Waals surface area contributed by atoms with Crippen molar-refractivity contribution < 1.29 is 4.79 Å². The van der Waals surface area contributed by atoms with Crippen LogP contribution in [0.2, 0.25) is 5.02 Å². The van der Waals surface area contributed by atoms with E-state index >= 15 is 0 Å². The van der Waals surface area contributed by atoms with Crippen LogP contribution >= 0.6 is 11.6 Å². The van der Waals surface area contributed by atoms with E-state index in [9.17, 15) is 4.79 Å². The first-order valence-electron chi connectivity index (χ1n) is 5.17. The molecule has 0 aliphatic carbocycles. The second kappa shape index (κ2) is 4.63. The van der Waals surface area contributed by atoms with E-state index in [0.29, 0.717) is 17.3 Å². The lowest BCUT2D eigenvalue weighted by Crippen LogP contribution is -2.24. The first kappa shape index (κ1) is 11.7. The molecule has 0 radical (unpaired) electrons. The van der Waals surface area contributed by atoms with E-state index in [1.54, 1.807) is 30.1 Å². The van der Waals surface area contributed by atoms with Gasteiger partial charge in [0, 0.05) is 31.0 Å². The van der Waals surface area contributed by atoms with Crippen LogP contribution in [0.15, 0.2) is 18.5 Å². The van der Waals surface area contributed by atoms with Crippen LogP contribution in [-0.4, -0.2) is 20.7 Å². The molecule has 2 N–H and O–H groups in total. The number of halogens is 1. The Bertz CT molecular complexity index is 543. The third kappa shape index (κ3) is 2.50. The SMILES string of the molecule is Cc1[nH]ncc1CNC(=O)c1cc(Cl)cn1C. The average Bonchev–Trinajstić information content (AvgIpc) is 2.81. The van der Waals surface area contributed by atoms with Gasteiger partial charge in [0.05, 0.1) is 11.2 Å². The van der Waals surface area contributed by atoms with Gasteiger partial charge in [-0.2, -0.15) is 5.10 Å². The highest BCUT2D eigenvalue weighted by Gasteiger charge is 2.11. The number of aromatic amines is 1. The van der Waals surface area contributed by atoms with E-state index in [-0.39, 0.29) is 5.91 Å². The van der Waals surface area contributed by atoms with Crippen molar-refractivity contribution in [2.75, 3.05) is 0 Å². The molecule has 0 saturated carbocycles. The molecule has 6 heteroatoms. The molecule has 2 aromatic rings. The van der Waals surface area contributed by atoms with E-state index in [4.69, 9.17) is 11.6 Å². The summed E-state index contributed by atoms with van der Waals surface area (Å²) in [7, 11) is 1.78. The number of carbonyl (C=O) groups excluding carboxylic acids is 1. The zero-order valence-corrected chi connectivity index (χ0v) is 10.4. The van der Waals surface area contributed by atoms with Crippen LogP contribution in [-0.2, 0) is 13.6 Å². The highest BCUT2D eigenvalue weighted by molar-refractivity contribution is 6.31. The van der Waals surface area contributed by atoms with Crippen LogP contribution in [0, 0.1) is 6.92 Å². The summed E-state index contributed by atoms with van der Waals surface area (Å²) in [5.41, 5.74) is 2.46. The molecule has 0 aromatic carbocycles. The monoisotopic (exact) mass is 252 g/mol. The molecule has 0 aliphatic rings. The number of hydrogen-bond acceptors (Lipinski definition) is 2. The molecule has 0 spiro atoms. The highest BCUT2D eigenvalue weighted by atomic mass is 35.5. The predicted octanol–water partition coefficient (Wildman–Crippen LogP) is 1.64. The van der Waals surface area contributed by atoms with E-state index < -0.39 is 0 Å². The van der Waals surface area contributed by atoms with Crippen LogP contribution in [0.5, 0.6) is 0 Å². The maximum Gasteiger partial charge on any atom is 0.268 e. The van der Waals surface area contributed by atoms with E-state index in [0.717, 1.165) is 11.3 Å². The summed E-state index contributed by atoms with van der Waals surface area (Å²) in [6.45, 7) is 2.36. The molecule has 90 valence electrons. The predicted molar refractivity (Wildman–Crippen MR) is 64.9 cm³/mol. The maximum atomic E-state index is 11.9. The number of aryl methyl sites for hydroxylation is 2. The van der Waals surface area contributed by atoms with Gasteiger partial charge in [-0.15, -0.1) is 0 Å². The lowest BCUT2D eigenvalue weighted by atomic mass is 10.2. The molecule has 0 saturated heterocycles. The first-order chi connectivity index (χ1) is 8.08. The van der Waals surface area contributed by atoms with E-state index in [1.807, 2.05) is 6.92 Å². The molecule has 17 heavy (non-hydrogen) atoms. The fraction of sp³-hybridized carbons (Fsp3) is 0.273. The van der Waals surface area contributed by atoms with Gasteiger partial charge in [-0.05, 0) is 13.0 Å². The van der Waals surface area contributed by atoms with Crippen LogP contribution in [0.3, 0.4) is 0 Å². The lowest BCUT2D eigenvalue weighted by molar-refractivity contribution is 0.0943. The summed E-state index contributed by atoms with van der Waals surface area (Å²) in [4.78, 5) is 11.9. The van der Waals surface area contributed by atoms with Gasteiger partial charge >= 0.3 is 0 Å². The number of nitrogens with zero attached hydrogens (tertiary/aromatic N) is 2. The number of aromatic nitrogens is 3. The zero-order valence-electron chi connectivity index (χ0n) is 9.62. The fourth-order valence-electron chi connectivity index (χ4n) is 1.57. The standard InChI is InChI=1S/C11H13ClN4O/c1-7-8(5-14-15-7)4-13-11(17)10-3-9(12)6-16(10)2/h3,5-6H,4H2,1-2H3,(H,13,17)(H,14,15). The second-order valence-corrected chi connectivity index (χ2v) is 4.29. The van der Waals surface area contributed by atoms with Crippen molar-refractivity contribution in [3.8, 4) is 0 Å². The van der Waals surface area contributed by atoms with E-state index in [2.05, 4.69) is 15.5 Å². The van der Waals surface area contributed by atoms with Crippen molar-refractivity contribution >= 4 is 17.5 Å². The number of H-pyrrole nitrogens is 1. The summed E-state index contributed by atoms with van der Waals surface area (Å²) in [6, 6.07) is 1.64.